The second kappa shape index (κ2) is 5.29. The summed E-state index contributed by atoms with van der Waals surface area (Å²) in [6.07, 6.45) is 8.79. The predicted molar refractivity (Wildman–Crippen MR) is 77.0 cm³/mol. The highest BCUT2D eigenvalue weighted by Gasteiger charge is 2.29. The molecule has 3 rings (SSSR count). The summed E-state index contributed by atoms with van der Waals surface area (Å²) in [6, 6.07) is 2.07. The van der Waals surface area contributed by atoms with Crippen LogP contribution in [0.2, 0.25) is 0 Å². The van der Waals surface area contributed by atoms with Crippen molar-refractivity contribution in [2.75, 3.05) is 6.54 Å². The van der Waals surface area contributed by atoms with Gasteiger partial charge in [0.25, 0.3) is 0 Å². The van der Waals surface area contributed by atoms with Gasteiger partial charge in [0.15, 0.2) is 0 Å². The standard InChI is InChI=1S/C15H22N4/c1-2-19-14-7-8-17-10-13(14)18-15(19)12-6-4-3-5-11(12)9-16/h7-8,10-12H,2-6,9,16H2,1H3. The number of nitrogens with zero attached hydrogens (tertiary/aromatic N) is 3. The zero-order valence-corrected chi connectivity index (χ0v) is 11.5. The van der Waals surface area contributed by atoms with E-state index in [2.05, 4.69) is 22.5 Å². The van der Waals surface area contributed by atoms with Crippen LogP contribution in [-0.2, 0) is 6.54 Å². The van der Waals surface area contributed by atoms with Gasteiger partial charge in [-0.15, -0.1) is 0 Å². The van der Waals surface area contributed by atoms with E-state index < -0.39 is 0 Å². The van der Waals surface area contributed by atoms with E-state index in [0.717, 1.165) is 18.6 Å². The van der Waals surface area contributed by atoms with Crippen molar-refractivity contribution in [3.05, 3.63) is 24.3 Å². The second-order valence-electron chi connectivity index (χ2n) is 5.47. The lowest BCUT2D eigenvalue weighted by Crippen LogP contribution is -2.27. The van der Waals surface area contributed by atoms with Crippen molar-refractivity contribution in [2.24, 2.45) is 11.7 Å². The molecule has 2 aromatic rings. The molecule has 2 aromatic heterocycles. The molecule has 0 amide bonds. The van der Waals surface area contributed by atoms with Crippen LogP contribution in [0.1, 0.15) is 44.3 Å². The van der Waals surface area contributed by atoms with E-state index >= 15 is 0 Å². The lowest BCUT2D eigenvalue weighted by Gasteiger charge is -2.30. The highest BCUT2D eigenvalue weighted by atomic mass is 15.1. The van der Waals surface area contributed by atoms with Gasteiger partial charge in [0, 0.05) is 18.7 Å². The Balaban J connectivity index is 2.07. The van der Waals surface area contributed by atoms with Crippen LogP contribution in [0.25, 0.3) is 11.0 Å². The molecule has 2 N–H and O–H groups in total. The average Bonchev–Trinajstić information content (AvgIpc) is 2.85. The molecule has 0 aliphatic heterocycles. The zero-order valence-electron chi connectivity index (χ0n) is 11.5. The number of hydrogen-bond acceptors (Lipinski definition) is 3. The summed E-state index contributed by atoms with van der Waals surface area (Å²) in [6.45, 7) is 3.92. The van der Waals surface area contributed by atoms with Crippen molar-refractivity contribution in [3.63, 3.8) is 0 Å². The summed E-state index contributed by atoms with van der Waals surface area (Å²) in [5, 5.41) is 0. The smallest absolute Gasteiger partial charge is 0.113 e. The third kappa shape index (κ3) is 2.14. The summed E-state index contributed by atoms with van der Waals surface area (Å²) in [5.74, 6) is 2.33. The molecule has 1 aliphatic carbocycles. The first kappa shape index (κ1) is 12.6. The Bertz CT molecular complexity index is 560. The monoisotopic (exact) mass is 258 g/mol. The lowest BCUT2D eigenvalue weighted by molar-refractivity contribution is 0.299. The van der Waals surface area contributed by atoms with E-state index in [1.165, 1.54) is 37.0 Å². The molecule has 2 unspecified atom stereocenters. The van der Waals surface area contributed by atoms with Crippen LogP contribution in [0.3, 0.4) is 0 Å². The Morgan fingerprint density at radius 3 is 3.00 bits per heavy atom. The van der Waals surface area contributed by atoms with Crippen LogP contribution in [0.4, 0.5) is 0 Å². The van der Waals surface area contributed by atoms with Gasteiger partial charge in [-0.1, -0.05) is 12.8 Å². The molecule has 0 saturated heterocycles. The first-order chi connectivity index (χ1) is 9.35. The third-order valence-corrected chi connectivity index (χ3v) is 4.44. The summed E-state index contributed by atoms with van der Waals surface area (Å²) in [4.78, 5) is 9.04. The number of fused-ring (bicyclic) bond motifs is 1. The number of imidazole rings is 1. The quantitative estimate of drug-likeness (QED) is 0.921. The van der Waals surface area contributed by atoms with Crippen LogP contribution in [-0.4, -0.2) is 21.1 Å². The Kier molecular flexibility index (Phi) is 3.51. The normalized spacial score (nSPS) is 23.9. The Morgan fingerprint density at radius 1 is 1.37 bits per heavy atom. The van der Waals surface area contributed by atoms with Crippen molar-refractivity contribution in [3.8, 4) is 0 Å². The molecule has 4 nitrogen and oxygen atoms in total. The van der Waals surface area contributed by atoms with Gasteiger partial charge in [-0.3, -0.25) is 4.98 Å². The van der Waals surface area contributed by atoms with E-state index in [4.69, 9.17) is 10.7 Å². The Hall–Kier alpha value is -1.42. The van der Waals surface area contributed by atoms with E-state index in [9.17, 15) is 0 Å². The van der Waals surface area contributed by atoms with Crippen LogP contribution in [0.5, 0.6) is 0 Å². The molecular weight excluding hydrogens is 236 g/mol. The van der Waals surface area contributed by atoms with Gasteiger partial charge < -0.3 is 10.3 Å². The summed E-state index contributed by atoms with van der Waals surface area (Å²) in [5.41, 5.74) is 8.18. The number of aryl methyl sites for hydroxylation is 1. The zero-order chi connectivity index (χ0) is 13.2. The summed E-state index contributed by atoms with van der Waals surface area (Å²) < 4.78 is 2.34. The maximum Gasteiger partial charge on any atom is 0.113 e. The molecule has 0 bridgehead atoms. The molecular formula is C15H22N4. The van der Waals surface area contributed by atoms with E-state index in [-0.39, 0.29) is 0 Å². The van der Waals surface area contributed by atoms with Gasteiger partial charge in [0.1, 0.15) is 11.3 Å². The van der Waals surface area contributed by atoms with Gasteiger partial charge in [-0.2, -0.15) is 0 Å². The summed E-state index contributed by atoms with van der Waals surface area (Å²) in [7, 11) is 0. The average molecular weight is 258 g/mol. The minimum Gasteiger partial charge on any atom is -0.330 e. The maximum absolute atomic E-state index is 5.97. The number of pyridine rings is 1. The van der Waals surface area contributed by atoms with Crippen molar-refractivity contribution in [2.45, 2.75) is 45.1 Å². The SMILES string of the molecule is CCn1c(C2CCCCC2CN)nc2cnccc21. The fraction of sp³-hybridized carbons (Fsp3) is 0.600. The third-order valence-electron chi connectivity index (χ3n) is 4.44. The van der Waals surface area contributed by atoms with Gasteiger partial charge in [0.2, 0.25) is 0 Å². The largest absolute Gasteiger partial charge is 0.330 e. The van der Waals surface area contributed by atoms with Crippen molar-refractivity contribution >= 4 is 11.0 Å². The van der Waals surface area contributed by atoms with Crippen LogP contribution in [0, 0.1) is 5.92 Å². The first-order valence-corrected chi connectivity index (χ1v) is 7.35. The molecule has 4 heteroatoms. The highest BCUT2D eigenvalue weighted by molar-refractivity contribution is 5.74. The van der Waals surface area contributed by atoms with Crippen LogP contribution in [0.15, 0.2) is 18.5 Å². The van der Waals surface area contributed by atoms with Gasteiger partial charge in [0.05, 0.1) is 11.7 Å². The van der Waals surface area contributed by atoms with Crippen molar-refractivity contribution < 1.29 is 0 Å². The molecule has 2 heterocycles. The van der Waals surface area contributed by atoms with Crippen LogP contribution < -0.4 is 5.73 Å². The van der Waals surface area contributed by atoms with E-state index in [1.807, 2.05) is 12.4 Å². The molecule has 1 saturated carbocycles. The Labute approximate surface area is 114 Å². The molecule has 19 heavy (non-hydrogen) atoms. The van der Waals surface area contributed by atoms with Crippen LogP contribution >= 0.6 is 0 Å². The lowest BCUT2D eigenvalue weighted by atomic mass is 9.78. The molecule has 2 atom stereocenters. The van der Waals surface area contributed by atoms with Gasteiger partial charge >= 0.3 is 0 Å². The van der Waals surface area contributed by atoms with E-state index in [1.54, 1.807) is 0 Å². The fourth-order valence-electron chi connectivity index (χ4n) is 3.45. The van der Waals surface area contributed by atoms with E-state index in [0.29, 0.717) is 11.8 Å². The molecule has 1 fully saturated rings. The van der Waals surface area contributed by atoms with Crippen molar-refractivity contribution in [1.82, 2.24) is 14.5 Å². The fourth-order valence-corrected chi connectivity index (χ4v) is 3.45. The Morgan fingerprint density at radius 2 is 2.21 bits per heavy atom. The molecule has 0 spiro atoms. The van der Waals surface area contributed by atoms with Crippen molar-refractivity contribution in [1.29, 1.82) is 0 Å². The molecule has 0 aromatic carbocycles. The number of rotatable bonds is 3. The molecule has 0 radical (unpaired) electrons. The second-order valence-corrected chi connectivity index (χ2v) is 5.47. The number of aromatic nitrogens is 3. The van der Waals surface area contributed by atoms with Gasteiger partial charge in [-0.25, -0.2) is 4.98 Å². The molecule has 102 valence electrons. The number of hydrogen-bond donors (Lipinski definition) is 1. The minimum absolute atomic E-state index is 0.520. The maximum atomic E-state index is 5.97. The topological polar surface area (TPSA) is 56.7 Å². The number of nitrogens with two attached hydrogens (primary N) is 1. The summed E-state index contributed by atoms with van der Waals surface area (Å²) >= 11 is 0. The predicted octanol–water partition coefficient (Wildman–Crippen LogP) is 2.68. The molecule has 1 aliphatic rings. The van der Waals surface area contributed by atoms with Gasteiger partial charge in [-0.05, 0) is 38.3 Å². The first-order valence-electron chi connectivity index (χ1n) is 7.35. The highest BCUT2D eigenvalue weighted by Crippen LogP contribution is 2.37. The minimum atomic E-state index is 0.520.